The standard InChI is InChI=1S/C11H23N.2C2H6/c1-3-12(4-2)10-11-8-6-5-7-9-11;2*1-2/h11H,3-10H2,1-2H3;2*1-2H3. The zero-order valence-electron chi connectivity index (χ0n) is 12.7. The maximum absolute atomic E-state index is 2.57. The van der Waals surface area contributed by atoms with E-state index in [1.165, 1.54) is 51.7 Å². The largest absolute Gasteiger partial charge is 0.304 e. The van der Waals surface area contributed by atoms with E-state index in [0.717, 1.165) is 5.92 Å². The molecule has 16 heavy (non-hydrogen) atoms. The van der Waals surface area contributed by atoms with Crippen LogP contribution in [0.3, 0.4) is 0 Å². The molecule has 1 rings (SSSR count). The van der Waals surface area contributed by atoms with Gasteiger partial charge in [0.25, 0.3) is 0 Å². The fraction of sp³-hybridized carbons (Fsp3) is 1.00. The van der Waals surface area contributed by atoms with Crippen LogP contribution in [0.1, 0.15) is 73.6 Å². The van der Waals surface area contributed by atoms with Crippen LogP contribution in [-0.4, -0.2) is 24.5 Å². The minimum Gasteiger partial charge on any atom is -0.304 e. The minimum absolute atomic E-state index is 1.01. The van der Waals surface area contributed by atoms with Gasteiger partial charge in [-0.1, -0.05) is 60.8 Å². The first kappa shape index (κ1) is 18.3. The second-order valence-corrected chi connectivity index (χ2v) is 3.99. The molecule has 0 heterocycles. The van der Waals surface area contributed by atoms with Gasteiger partial charge in [0.05, 0.1) is 0 Å². The molecule has 0 atom stereocenters. The summed E-state index contributed by atoms with van der Waals surface area (Å²) in [5.74, 6) is 1.01. The fourth-order valence-corrected chi connectivity index (χ4v) is 2.22. The third kappa shape index (κ3) is 9.21. The van der Waals surface area contributed by atoms with Crippen LogP contribution >= 0.6 is 0 Å². The first-order valence-electron chi connectivity index (χ1n) is 7.59. The molecule has 1 fully saturated rings. The molecule has 0 aromatic rings. The minimum atomic E-state index is 1.01. The lowest BCUT2D eigenvalue weighted by molar-refractivity contribution is 0.216. The lowest BCUT2D eigenvalue weighted by Crippen LogP contribution is -2.30. The number of rotatable bonds is 4. The van der Waals surface area contributed by atoms with Crippen molar-refractivity contribution in [2.75, 3.05) is 19.6 Å². The summed E-state index contributed by atoms with van der Waals surface area (Å²) in [6, 6.07) is 0. The Kier molecular flexibility index (Phi) is 17.1. The van der Waals surface area contributed by atoms with Gasteiger partial charge < -0.3 is 4.90 Å². The van der Waals surface area contributed by atoms with Gasteiger partial charge in [0.1, 0.15) is 0 Å². The second kappa shape index (κ2) is 15.0. The van der Waals surface area contributed by atoms with Gasteiger partial charge in [-0.3, -0.25) is 0 Å². The first-order valence-corrected chi connectivity index (χ1v) is 7.59. The summed E-state index contributed by atoms with van der Waals surface area (Å²) in [6.45, 7) is 16.4. The van der Waals surface area contributed by atoms with Crippen LogP contribution in [0, 0.1) is 5.92 Å². The SMILES string of the molecule is CC.CC.CCN(CC)CC1CCCCC1. The topological polar surface area (TPSA) is 3.24 Å². The van der Waals surface area contributed by atoms with E-state index in [9.17, 15) is 0 Å². The van der Waals surface area contributed by atoms with E-state index < -0.39 is 0 Å². The molecule has 0 N–H and O–H groups in total. The van der Waals surface area contributed by atoms with Gasteiger partial charge >= 0.3 is 0 Å². The summed E-state index contributed by atoms with van der Waals surface area (Å²) in [5.41, 5.74) is 0. The van der Waals surface area contributed by atoms with Crippen molar-refractivity contribution in [3.05, 3.63) is 0 Å². The van der Waals surface area contributed by atoms with Crippen molar-refractivity contribution in [1.29, 1.82) is 0 Å². The Labute approximate surface area is 105 Å². The van der Waals surface area contributed by atoms with E-state index in [0.29, 0.717) is 0 Å². The van der Waals surface area contributed by atoms with Gasteiger partial charge in [-0.15, -0.1) is 0 Å². The third-order valence-corrected chi connectivity index (χ3v) is 3.14. The lowest BCUT2D eigenvalue weighted by atomic mass is 9.89. The van der Waals surface area contributed by atoms with Crippen LogP contribution in [0.5, 0.6) is 0 Å². The summed E-state index contributed by atoms with van der Waals surface area (Å²) in [7, 11) is 0. The van der Waals surface area contributed by atoms with Gasteiger partial charge in [0.15, 0.2) is 0 Å². The number of hydrogen-bond acceptors (Lipinski definition) is 1. The maximum Gasteiger partial charge on any atom is 0.000942 e. The quantitative estimate of drug-likeness (QED) is 0.658. The Morgan fingerprint density at radius 1 is 0.812 bits per heavy atom. The summed E-state index contributed by atoms with van der Waals surface area (Å²) in [5, 5.41) is 0. The maximum atomic E-state index is 2.57. The normalized spacial score (nSPS) is 15.9. The molecule has 1 nitrogen and oxygen atoms in total. The van der Waals surface area contributed by atoms with Crippen LogP contribution in [0.15, 0.2) is 0 Å². The molecule has 0 unspecified atom stereocenters. The van der Waals surface area contributed by atoms with Crippen molar-refractivity contribution in [1.82, 2.24) is 4.90 Å². The van der Waals surface area contributed by atoms with Crippen molar-refractivity contribution >= 4 is 0 Å². The van der Waals surface area contributed by atoms with Gasteiger partial charge in [-0.05, 0) is 31.8 Å². The van der Waals surface area contributed by atoms with Crippen LogP contribution < -0.4 is 0 Å². The Morgan fingerprint density at radius 2 is 1.25 bits per heavy atom. The molecule has 0 radical (unpaired) electrons. The van der Waals surface area contributed by atoms with Crippen LogP contribution in [-0.2, 0) is 0 Å². The first-order chi connectivity index (χ1) is 7.86. The smallest absolute Gasteiger partial charge is 0.000942 e. The van der Waals surface area contributed by atoms with Crippen molar-refractivity contribution in [3.8, 4) is 0 Å². The van der Waals surface area contributed by atoms with E-state index in [4.69, 9.17) is 0 Å². The molecule has 0 aromatic carbocycles. The Hall–Kier alpha value is -0.0400. The number of hydrogen-bond donors (Lipinski definition) is 0. The molecule has 1 aliphatic carbocycles. The van der Waals surface area contributed by atoms with Gasteiger partial charge in [-0.2, -0.15) is 0 Å². The molecule has 0 saturated heterocycles. The van der Waals surface area contributed by atoms with Gasteiger partial charge in [0.2, 0.25) is 0 Å². The van der Waals surface area contributed by atoms with Crippen LogP contribution in [0.2, 0.25) is 0 Å². The zero-order valence-corrected chi connectivity index (χ0v) is 12.7. The molecule has 0 spiro atoms. The Bertz CT molecular complexity index is 102. The van der Waals surface area contributed by atoms with E-state index in [1.54, 1.807) is 0 Å². The molecular weight excluding hydrogens is 194 g/mol. The highest BCUT2D eigenvalue weighted by atomic mass is 15.1. The van der Waals surface area contributed by atoms with Crippen molar-refractivity contribution in [2.45, 2.75) is 73.6 Å². The molecule has 0 aliphatic heterocycles. The Balaban J connectivity index is 0. The average Bonchev–Trinajstić information content (AvgIpc) is 2.42. The van der Waals surface area contributed by atoms with Crippen molar-refractivity contribution in [2.24, 2.45) is 5.92 Å². The van der Waals surface area contributed by atoms with Gasteiger partial charge in [-0.25, -0.2) is 0 Å². The predicted octanol–water partition coefficient (Wildman–Crippen LogP) is 4.96. The summed E-state index contributed by atoms with van der Waals surface area (Å²) in [4.78, 5) is 2.57. The van der Waals surface area contributed by atoms with Crippen LogP contribution in [0.4, 0.5) is 0 Å². The van der Waals surface area contributed by atoms with Crippen molar-refractivity contribution < 1.29 is 0 Å². The second-order valence-electron chi connectivity index (χ2n) is 3.99. The Morgan fingerprint density at radius 3 is 1.62 bits per heavy atom. The van der Waals surface area contributed by atoms with E-state index in [2.05, 4.69) is 18.7 Å². The van der Waals surface area contributed by atoms with Crippen LogP contribution in [0.25, 0.3) is 0 Å². The molecular formula is C15H35N. The average molecular weight is 229 g/mol. The summed E-state index contributed by atoms with van der Waals surface area (Å²) < 4.78 is 0. The molecule has 1 aliphatic rings. The molecule has 1 heteroatoms. The van der Waals surface area contributed by atoms with Crippen molar-refractivity contribution in [3.63, 3.8) is 0 Å². The molecule has 0 amide bonds. The molecule has 0 bridgehead atoms. The van der Waals surface area contributed by atoms with Gasteiger partial charge in [0, 0.05) is 6.54 Å². The molecule has 100 valence electrons. The highest BCUT2D eigenvalue weighted by molar-refractivity contribution is 4.69. The fourth-order valence-electron chi connectivity index (χ4n) is 2.22. The van der Waals surface area contributed by atoms with E-state index in [1.807, 2.05) is 27.7 Å². The highest BCUT2D eigenvalue weighted by Gasteiger charge is 2.15. The predicted molar refractivity (Wildman–Crippen MR) is 77.1 cm³/mol. The summed E-state index contributed by atoms with van der Waals surface area (Å²) >= 11 is 0. The third-order valence-electron chi connectivity index (χ3n) is 3.14. The van der Waals surface area contributed by atoms with E-state index >= 15 is 0 Å². The summed E-state index contributed by atoms with van der Waals surface area (Å²) in [6.07, 6.45) is 7.40. The van der Waals surface area contributed by atoms with E-state index in [-0.39, 0.29) is 0 Å². The number of nitrogens with zero attached hydrogens (tertiary/aromatic N) is 1. The molecule has 1 saturated carbocycles. The lowest BCUT2D eigenvalue weighted by Gasteiger charge is -2.27. The monoisotopic (exact) mass is 229 g/mol. The molecule has 0 aromatic heterocycles. The zero-order chi connectivity index (χ0) is 12.8. The highest BCUT2D eigenvalue weighted by Crippen LogP contribution is 2.24.